The van der Waals surface area contributed by atoms with Crippen LogP contribution in [0, 0.1) is 12.7 Å². The first-order valence-corrected chi connectivity index (χ1v) is 8.65. The van der Waals surface area contributed by atoms with E-state index in [1.54, 1.807) is 6.07 Å². The van der Waals surface area contributed by atoms with Gasteiger partial charge in [0.15, 0.2) is 0 Å². The molecule has 0 aliphatic carbocycles. The number of nitrogens with zero attached hydrogens (tertiary/aromatic N) is 2. The van der Waals surface area contributed by atoms with Gasteiger partial charge in [0.1, 0.15) is 5.82 Å². The van der Waals surface area contributed by atoms with Gasteiger partial charge in [0.25, 0.3) is 0 Å². The molecule has 0 bridgehead atoms. The molecule has 4 nitrogen and oxygen atoms in total. The first-order valence-electron chi connectivity index (χ1n) is 8.65. The van der Waals surface area contributed by atoms with Crippen LogP contribution >= 0.6 is 0 Å². The number of carboxylic acid groups (broad SMARTS) is 1. The van der Waals surface area contributed by atoms with Crippen LogP contribution in [0.15, 0.2) is 42.5 Å². The van der Waals surface area contributed by atoms with Crippen molar-refractivity contribution in [3.63, 3.8) is 0 Å². The van der Waals surface area contributed by atoms with E-state index in [4.69, 9.17) is 0 Å². The fraction of sp³-hybridized carbons (Fsp3) is 0.238. The second-order valence-corrected chi connectivity index (χ2v) is 6.70. The molecule has 3 aromatic rings. The molecule has 132 valence electrons. The zero-order valence-electron chi connectivity index (χ0n) is 14.5. The van der Waals surface area contributed by atoms with Gasteiger partial charge in [-0.2, -0.15) is 0 Å². The molecule has 1 aliphatic heterocycles. The topological polar surface area (TPSA) is 53.4 Å². The summed E-state index contributed by atoms with van der Waals surface area (Å²) < 4.78 is 14.0. The lowest BCUT2D eigenvalue weighted by atomic mass is 9.96. The first kappa shape index (κ1) is 16.5. The molecule has 26 heavy (non-hydrogen) atoms. The third-order valence-electron chi connectivity index (χ3n) is 5.00. The van der Waals surface area contributed by atoms with Crippen LogP contribution in [0.3, 0.4) is 0 Å². The highest BCUT2D eigenvalue weighted by Gasteiger charge is 2.24. The summed E-state index contributed by atoms with van der Waals surface area (Å²) in [6, 6.07) is 12.8. The fourth-order valence-electron chi connectivity index (χ4n) is 3.79. The molecule has 1 aromatic heterocycles. The maximum absolute atomic E-state index is 14.0. The van der Waals surface area contributed by atoms with Gasteiger partial charge in [-0.05, 0) is 42.7 Å². The van der Waals surface area contributed by atoms with Crippen LogP contribution in [-0.4, -0.2) is 22.6 Å². The van der Waals surface area contributed by atoms with Crippen molar-refractivity contribution in [1.29, 1.82) is 0 Å². The Balaban J connectivity index is 1.92. The zero-order chi connectivity index (χ0) is 18.3. The Morgan fingerprint density at radius 3 is 2.77 bits per heavy atom. The largest absolute Gasteiger partial charge is 0.481 e. The number of fused-ring (bicyclic) bond motifs is 2. The van der Waals surface area contributed by atoms with Crippen LogP contribution in [0.4, 0.5) is 10.1 Å². The fourth-order valence-corrected chi connectivity index (χ4v) is 3.79. The van der Waals surface area contributed by atoms with E-state index in [0.29, 0.717) is 28.7 Å². The molecule has 2 aromatic carbocycles. The Hall–Kier alpha value is -2.95. The van der Waals surface area contributed by atoms with Crippen molar-refractivity contribution in [2.24, 2.45) is 0 Å². The van der Waals surface area contributed by atoms with Gasteiger partial charge in [-0.1, -0.05) is 24.3 Å². The first-order chi connectivity index (χ1) is 12.5. The van der Waals surface area contributed by atoms with Gasteiger partial charge in [-0.15, -0.1) is 0 Å². The standard InChI is InChI=1S/C21H19FN2O2/c1-13-17(11-20(25)26)21(18-10-16(22)6-7-19(18)23-13)24-9-8-14-4-2-3-5-15(14)12-24/h2-7,10H,8-9,11-12H2,1H3,(H,25,26). The summed E-state index contributed by atoms with van der Waals surface area (Å²) >= 11 is 0. The van der Waals surface area contributed by atoms with Crippen molar-refractivity contribution in [2.75, 3.05) is 11.4 Å². The number of aromatic nitrogens is 1. The molecule has 1 aliphatic rings. The maximum Gasteiger partial charge on any atom is 0.307 e. The van der Waals surface area contributed by atoms with Gasteiger partial charge < -0.3 is 10.0 Å². The van der Waals surface area contributed by atoms with E-state index in [2.05, 4.69) is 22.0 Å². The van der Waals surface area contributed by atoms with Crippen LogP contribution in [0.1, 0.15) is 22.4 Å². The number of hydrogen-bond donors (Lipinski definition) is 1. The summed E-state index contributed by atoms with van der Waals surface area (Å²) in [5, 5.41) is 10.1. The molecule has 0 fully saturated rings. The predicted molar refractivity (Wildman–Crippen MR) is 99.0 cm³/mol. The van der Waals surface area contributed by atoms with Gasteiger partial charge >= 0.3 is 5.97 Å². The molecule has 1 N–H and O–H groups in total. The summed E-state index contributed by atoms with van der Waals surface area (Å²) in [5.41, 5.74) is 5.36. The minimum atomic E-state index is -0.913. The van der Waals surface area contributed by atoms with Crippen molar-refractivity contribution in [3.05, 3.63) is 70.7 Å². The number of halogens is 1. The van der Waals surface area contributed by atoms with Gasteiger partial charge in [-0.25, -0.2) is 4.39 Å². The summed E-state index contributed by atoms with van der Waals surface area (Å²) in [4.78, 5) is 18.1. The molecule has 0 amide bonds. The summed E-state index contributed by atoms with van der Waals surface area (Å²) in [5.74, 6) is -1.26. The van der Waals surface area contributed by atoms with Crippen molar-refractivity contribution >= 4 is 22.6 Å². The Labute approximate surface area is 150 Å². The Morgan fingerprint density at radius 2 is 2.00 bits per heavy atom. The number of carboxylic acids is 1. The molecule has 0 spiro atoms. The number of aliphatic carboxylic acids is 1. The number of pyridine rings is 1. The van der Waals surface area contributed by atoms with Gasteiger partial charge in [0, 0.05) is 29.7 Å². The number of anilines is 1. The molecule has 4 rings (SSSR count). The van der Waals surface area contributed by atoms with Gasteiger partial charge in [-0.3, -0.25) is 9.78 Å². The van der Waals surface area contributed by atoms with Crippen LogP contribution in [0.25, 0.3) is 10.9 Å². The lowest BCUT2D eigenvalue weighted by molar-refractivity contribution is -0.136. The van der Waals surface area contributed by atoms with E-state index in [9.17, 15) is 14.3 Å². The van der Waals surface area contributed by atoms with Crippen LogP contribution in [0.5, 0.6) is 0 Å². The number of aryl methyl sites for hydroxylation is 1. The van der Waals surface area contributed by atoms with Crippen molar-refractivity contribution in [1.82, 2.24) is 4.98 Å². The average molecular weight is 350 g/mol. The van der Waals surface area contributed by atoms with E-state index in [1.807, 2.05) is 19.1 Å². The second-order valence-electron chi connectivity index (χ2n) is 6.70. The highest BCUT2D eigenvalue weighted by atomic mass is 19.1. The highest BCUT2D eigenvalue weighted by Crippen LogP contribution is 2.35. The lowest BCUT2D eigenvalue weighted by Crippen LogP contribution is -2.32. The monoisotopic (exact) mass is 350 g/mol. The third-order valence-corrected chi connectivity index (χ3v) is 5.00. The number of hydrogen-bond acceptors (Lipinski definition) is 3. The second kappa shape index (κ2) is 6.41. The molecule has 0 saturated heterocycles. The molecule has 5 heteroatoms. The Morgan fingerprint density at radius 1 is 1.23 bits per heavy atom. The molecule has 0 unspecified atom stereocenters. The smallest absolute Gasteiger partial charge is 0.307 e. The van der Waals surface area contributed by atoms with Crippen molar-refractivity contribution in [3.8, 4) is 0 Å². The van der Waals surface area contributed by atoms with E-state index in [0.717, 1.165) is 18.7 Å². The number of benzene rings is 2. The summed E-state index contributed by atoms with van der Waals surface area (Å²) in [7, 11) is 0. The van der Waals surface area contributed by atoms with Crippen LogP contribution in [0.2, 0.25) is 0 Å². The normalized spacial score (nSPS) is 13.7. The Kier molecular flexibility index (Phi) is 4.07. The quantitative estimate of drug-likeness (QED) is 0.779. The minimum Gasteiger partial charge on any atom is -0.481 e. The molecular weight excluding hydrogens is 331 g/mol. The summed E-state index contributed by atoms with van der Waals surface area (Å²) in [6.45, 7) is 3.26. The maximum atomic E-state index is 14.0. The van der Waals surface area contributed by atoms with E-state index >= 15 is 0 Å². The number of rotatable bonds is 3. The molecular formula is C21H19FN2O2. The zero-order valence-corrected chi connectivity index (χ0v) is 14.5. The molecule has 2 heterocycles. The molecule has 0 atom stereocenters. The van der Waals surface area contributed by atoms with Crippen molar-refractivity contribution in [2.45, 2.75) is 26.3 Å². The van der Waals surface area contributed by atoms with Crippen LogP contribution in [-0.2, 0) is 24.2 Å². The third kappa shape index (κ3) is 2.90. The number of carbonyl (C=O) groups is 1. The highest BCUT2D eigenvalue weighted by molar-refractivity contribution is 5.95. The van der Waals surface area contributed by atoms with E-state index in [-0.39, 0.29) is 12.2 Å². The van der Waals surface area contributed by atoms with Gasteiger partial charge in [0.05, 0.1) is 17.6 Å². The predicted octanol–water partition coefficient (Wildman–Crippen LogP) is 3.87. The average Bonchev–Trinajstić information content (AvgIpc) is 2.62. The van der Waals surface area contributed by atoms with Gasteiger partial charge in [0.2, 0.25) is 0 Å². The van der Waals surface area contributed by atoms with E-state index < -0.39 is 5.97 Å². The van der Waals surface area contributed by atoms with E-state index in [1.165, 1.54) is 23.3 Å². The Bertz CT molecular complexity index is 1020. The minimum absolute atomic E-state index is 0.126. The van der Waals surface area contributed by atoms with Crippen molar-refractivity contribution < 1.29 is 14.3 Å². The molecule has 0 radical (unpaired) electrons. The lowest BCUT2D eigenvalue weighted by Gasteiger charge is -2.33. The SMILES string of the molecule is Cc1nc2ccc(F)cc2c(N2CCc3ccccc3C2)c1CC(=O)O. The molecule has 0 saturated carbocycles. The summed E-state index contributed by atoms with van der Waals surface area (Å²) in [6.07, 6.45) is 0.750. The van der Waals surface area contributed by atoms with Crippen LogP contribution < -0.4 is 4.90 Å².